The molecule has 1 N–H and O–H groups in total. The summed E-state index contributed by atoms with van der Waals surface area (Å²) in [7, 11) is 0. The van der Waals surface area contributed by atoms with Crippen molar-refractivity contribution in [1.29, 1.82) is 0 Å². The van der Waals surface area contributed by atoms with E-state index in [-0.39, 0.29) is 0 Å². The highest BCUT2D eigenvalue weighted by atomic mass is 35.5. The van der Waals surface area contributed by atoms with Gasteiger partial charge in [-0.25, -0.2) is 0 Å². The quantitative estimate of drug-likeness (QED) is 0.436. The van der Waals surface area contributed by atoms with Gasteiger partial charge in [0.1, 0.15) is 0 Å². The molecule has 0 aliphatic rings. The van der Waals surface area contributed by atoms with Crippen LogP contribution in [0.5, 0.6) is 0 Å². The van der Waals surface area contributed by atoms with Crippen molar-refractivity contribution < 1.29 is 0 Å². The van der Waals surface area contributed by atoms with Crippen LogP contribution in [0.15, 0.2) is 0 Å². The monoisotopic (exact) mass is 191 g/mol. The largest absolute Gasteiger partial charge is 0.317 e. The highest BCUT2D eigenvalue weighted by Crippen LogP contribution is 1.99. The number of rotatable bonds is 9. The Balaban J connectivity index is 2.73. The molecule has 0 fully saturated rings. The van der Waals surface area contributed by atoms with Gasteiger partial charge in [0.05, 0.1) is 0 Å². The van der Waals surface area contributed by atoms with Gasteiger partial charge in [0.25, 0.3) is 0 Å². The van der Waals surface area contributed by atoms with Crippen LogP contribution in [0.3, 0.4) is 0 Å². The van der Waals surface area contributed by atoms with E-state index in [0.29, 0.717) is 0 Å². The molecule has 74 valence electrons. The summed E-state index contributed by atoms with van der Waals surface area (Å²) in [6.45, 7) is 4.59. The predicted molar refractivity (Wildman–Crippen MR) is 57.0 cm³/mol. The molecular weight excluding hydrogens is 170 g/mol. The first-order valence-electron chi connectivity index (χ1n) is 5.18. The molecule has 0 rings (SSSR count). The second kappa shape index (κ2) is 11.2. The zero-order chi connectivity index (χ0) is 9.07. The first-order valence-corrected chi connectivity index (χ1v) is 5.72. The van der Waals surface area contributed by atoms with Gasteiger partial charge in [0.15, 0.2) is 0 Å². The maximum atomic E-state index is 5.57. The van der Waals surface area contributed by atoms with Crippen molar-refractivity contribution in [2.24, 2.45) is 0 Å². The molecule has 2 heteroatoms. The molecule has 0 spiro atoms. The molecule has 0 unspecified atom stereocenters. The maximum absolute atomic E-state index is 5.57. The summed E-state index contributed by atoms with van der Waals surface area (Å²) in [5, 5.41) is 3.43. The molecule has 0 radical (unpaired) electrons. The lowest BCUT2D eigenvalue weighted by Gasteiger charge is -2.02. The van der Waals surface area contributed by atoms with Crippen molar-refractivity contribution in [3.8, 4) is 0 Å². The molecule has 0 atom stereocenters. The van der Waals surface area contributed by atoms with Crippen LogP contribution in [0.25, 0.3) is 0 Å². The van der Waals surface area contributed by atoms with Crippen LogP contribution >= 0.6 is 11.6 Å². The van der Waals surface area contributed by atoms with Gasteiger partial charge in [-0.2, -0.15) is 0 Å². The lowest BCUT2D eigenvalue weighted by Crippen LogP contribution is -2.16. The van der Waals surface area contributed by atoms with Crippen LogP contribution in [0, 0.1) is 0 Å². The van der Waals surface area contributed by atoms with Gasteiger partial charge in [-0.3, -0.25) is 0 Å². The average molecular weight is 192 g/mol. The van der Waals surface area contributed by atoms with Crippen LogP contribution in [-0.2, 0) is 0 Å². The number of unbranched alkanes of at least 4 members (excludes halogenated alkanes) is 4. The highest BCUT2D eigenvalue weighted by molar-refractivity contribution is 6.17. The molecular formula is C10H22ClN. The Morgan fingerprint density at radius 1 is 0.917 bits per heavy atom. The highest BCUT2D eigenvalue weighted by Gasteiger charge is 1.89. The molecule has 0 bridgehead atoms. The maximum Gasteiger partial charge on any atom is 0.0223 e. The second-order valence-electron chi connectivity index (χ2n) is 3.21. The minimum atomic E-state index is 0.823. The lowest BCUT2D eigenvalue weighted by molar-refractivity contribution is 0.583. The van der Waals surface area contributed by atoms with Crippen molar-refractivity contribution in [2.45, 2.75) is 45.4 Å². The fourth-order valence-electron chi connectivity index (χ4n) is 1.12. The molecule has 12 heavy (non-hydrogen) atoms. The Morgan fingerprint density at radius 2 is 1.58 bits per heavy atom. The first kappa shape index (κ1) is 12.2. The SMILES string of the molecule is CCCCNCCCCCCCl. The van der Waals surface area contributed by atoms with E-state index in [1.165, 1.54) is 51.6 Å². The summed E-state index contributed by atoms with van der Waals surface area (Å²) in [5.74, 6) is 0.823. The van der Waals surface area contributed by atoms with Crippen LogP contribution in [0.4, 0.5) is 0 Å². The summed E-state index contributed by atoms with van der Waals surface area (Å²) in [6, 6.07) is 0. The molecule has 0 aliphatic carbocycles. The smallest absolute Gasteiger partial charge is 0.0223 e. The predicted octanol–water partition coefficient (Wildman–Crippen LogP) is 3.18. The van der Waals surface area contributed by atoms with Crippen molar-refractivity contribution in [2.75, 3.05) is 19.0 Å². The Labute approximate surface area is 81.9 Å². The van der Waals surface area contributed by atoms with Crippen LogP contribution in [0.2, 0.25) is 0 Å². The number of nitrogens with one attached hydrogen (secondary N) is 1. The van der Waals surface area contributed by atoms with Gasteiger partial charge in [-0.05, 0) is 32.4 Å². The standard InChI is InChI=1S/C10H22ClN/c1-2-3-9-12-10-7-5-4-6-8-11/h12H,2-10H2,1H3. The molecule has 0 aromatic rings. The molecule has 0 aromatic heterocycles. The van der Waals surface area contributed by atoms with E-state index < -0.39 is 0 Å². The number of hydrogen-bond donors (Lipinski definition) is 1. The third-order valence-electron chi connectivity index (χ3n) is 1.94. The van der Waals surface area contributed by atoms with Gasteiger partial charge < -0.3 is 5.32 Å². The average Bonchev–Trinajstić information content (AvgIpc) is 2.10. The van der Waals surface area contributed by atoms with Gasteiger partial charge in [-0.15, -0.1) is 11.6 Å². The molecule has 0 amide bonds. The van der Waals surface area contributed by atoms with Crippen molar-refractivity contribution in [3.05, 3.63) is 0 Å². The van der Waals surface area contributed by atoms with E-state index in [1.807, 2.05) is 0 Å². The number of hydrogen-bond acceptors (Lipinski definition) is 1. The van der Waals surface area contributed by atoms with Gasteiger partial charge in [-0.1, -0.05) is 26.2 Å². The minimum absolute atomic E-state index is 0.823. The third-order valence-corrected chi connectivity index (χ3v) is 2.21. The van der Waals surface area contributed by atoms with Crippen molar-refractivity contribution >= 4 is 11.6 Å². The Morgan fingerprint density at radius 3 is 2.25 bits per heavy atom. The topological polar surface area (TPSA) is 12.0 Å². The summed E-state index contributed by atoms with van der Waals surface area (Å²) >= 11 is 5.57. The molecule has 0 aromatic carbocycles. The Kier molecular flexibility index (Phi) is 11.5. The summed E-state index contributed by atoms with van der Waals surface area (Å²) in [5.41, 5.74) is 0. The van der Waals surface area contributed by atoms with Crippen LogP contribution in [-0.4, -0.2) is 19.0 Å². The minimum Gasteiger partial charge on any atom is -0.317 e. The fourth-order valence-corrected chi connectivity index (χ4v) is 1.31. The first-order chi connectivity index (χ1) is 5.91. The summed E-state index contributed by atoms with van der Waals surface area (Å²) < 4.78 is 0. The number of alkyl halides is 1. The van der Waals surface area contributed by atoms with E-state index in [0.717, 1.165) is 5.88 Å². The number of halogens is 1. The van der Waals surface area contributed by atoms with E-state index in [1.54, 1.807) is 0 Å². The third kappa shape index (κ3) is 10.2. The summed E-state index contributed by atoms with van der Waals surface area (Å²) in [4.78, 5) is 0. The van der Waals surface area contributed by atoms with Crippen molar-refractivity contribution in [1.82, 2.24) is 5.32 Å². The zero-order valence-electron chi connectivity index (χ0n) is 8.24. The molecule has 0 aliphatic heterocycles. The fraction of sp³-hybridized carbons (Fsp3) is 1.00. The molecule has 0 saturated carbocycles. The molecule has 0 heterocycles. The van der Waals surface area contributed by atoms with Crippen LogP contribution in [0.1, 0.15) is 45.4 Å². The van der Waals surface area contributed by atoms with Crippen LogP contribution < -0.4 is 5.32 Å². The molecule has 1 nitrogen and oxygen atoms in total. The lowest BCUT2D eigenvalue weighted by atomic mass is 10.2. The van der Waals surface area contributed by atoms with Gasteiger partial charge in [0.2, 0.25) is 0 Å². The van der Waals surface area contributed by atoms with E-state index in [4.69, 9.17) is 11.6 Å². The zero-order valence-corrected chi connectivity index (χ0v) is 9.00. The van der Waals surface area contributed by atoms with E-state index >= 15 is 0 Å². The van der Waals surface area contributed by atoms with E-state index in [2.05, 4.69) is 12.2 Å². The normalized spacial score (nSPS) is 10.5. The Bertz CT molecular complexity index is 66.2. The second-order valence-corrected chi connectivity index (χ2v) is 3.58. The Hall–Kier alpha value is 0.250. The summed E-state index contributed by atoms with van der Waals surface area (Å²) in [6.07, 6.45) is 7.70. The van der Waals surface area contributed by atoms with Gasteiger partial charge >= 0.3 is 0 Å². The molecule has 0 saturated heterocycles. The van der Waals surface area contributed by atoms with Gasteiger partial charge in [0, 0.05) is 5.88 Å². The van der Waals surface area contributed by atoms with E-state index in [9.17, 15) is 0 Å². The van der Waals surface area contributed by atoms with Crippen molar-refractivity contribution in [3.63, 3.8) is 0 Å².